The highest BCUT2D eigenvalue weighted by Gasteiger charge is 2.30. The standard InChI is InChI=1S/C87H142O17P2/c1-5-9-13-17-21-25-29-32-35-38-40-43-45-48-52-55-59-63-67-71-84(89)97-77-82(103-86(91)73-69-65-61-57-51-28-24-20-16-12-8-4)79-101-105(93,94)99-75-81(88)76-100-106(95,96)102-80-83(104-87(92)74-70-66-62-58-54-50-47-42-37-34-31-27-23-19-15-11-7-3)78-98-85(90)72-68-64-60-56-53-49-46-44-41-39-36-33-30-26-22-18-14-10-6-2/h9-11,13-15,20-27,32-37,40-41,43-44,47,49-50,53,81-83,88H,5-8,12,16-19,28-31,38-39,42,45-46,48,51-52,54-80H2,1-4H3,(H,93,94)(H,95,96)/b13-9-,14-10-,15-11-,24-20-,25-21-,26-22-,27-23-,35-32-,36-33-,37-34-,43-40-,44-41-,50-47-,53-49-. The summed E-state index contributed by atoms with van der Waals surface area (Å²) < 4.78 is 68.6. The average Bonchev–Trinajstić information content (AvgIpc) is 0.919. The molecule has 0 aromatic rings. The van der Waals surface area contributed by atoms with E-state index in [1.807, 2.05) is 0 Å². The molecular weight excluding hydrogens is 1380 g/mol. The minimum absolute atomic E-state index is 0.0529. The highest BCUT2D eigenvalue weighted by atomic mass is 31.2. The Hall–Kier alpha value is -5.58. The van der Waals surface area contributed by atoms with Gasteiger partial charge in [0.25, 0.3) is 0 Å². The maximum Gasteiger partial charge on any atom is 0.472 e. The van der Waals surface area contributed by atoms with Crippen LogP contribution in [0, 0.1) is 0 Å². The van der Waals surface area contributed by atoms with Crippen molar-refractivity contribution in [1.82, 2.24) is 0 Å². The van der Waals surface area contributed by atoms with Crippen LogP contribution in [0.2, 0.25) is 0 Å². The van der Waals surface area contributed by atoms with E-state index in [2.05, 4.69) is 198 Å². The largest absolute Gasteiger partial charge is 0.472 e. The molecule has 0 aliphatic carbocycles. The second-order valence-corrected chi connectivity index (χ2v) is 29.1. The number of aliphatic hydroxyl groups excluding tert-OH is 1. The number of carbonyl (C=O) groups is 4. The fourth-order valence-corrected chi connectivity index (χ4v) is 11.7. The Morgan fingerprint density at radius 1 is 0.274 bits per heavy atom. The van der Waals surface area contributed by atoms with Crippen molar-refractivity contribution in [3.05, 3.63) is 170 Å². The third kappa shape index (κ3) is 76.6. The zero-order chi connectivity index (χ0) is 77.4. The van der Waals surface area contributed by atoms with Gasteiger partial charge in [-0.3, -0.25) is 37.3 Å². The molecule has 0 fully saturated rings. The summed E-state index contributed by atoms with van der Waals surface area (Å²) in [5, 5.41) is 10.6. The van der Waals surface area contributed by atoms with Crippen LogP contribution in [0.4, 0.5) is 0 Å². The van der Waals surface area contributed by atoms with Crippen LogP contribution in [0.15, 0.2) is 170 Å². The Kier molecular flexibility index (Phi) is 73.5. The molecule has 0 aliphatic heterocycles. The van der Waals surface area contributed by atoms with Gasteiger partial charge in [0.05, 0.1) is 26.4 Å². The number of phosphoric acid groups is 2. The number of esters is 4. The van der Waals surface area contributed by atoms with Crippen molar-refractivity contribution in [2.45, 2.75) is 316 Å². The van der Waals surface area contributed by atoms with E-state index in [1.165, 1.54) is 12.8 Å². The Labute approximate surface area is 642 Å². The lowest BCUT2D eigenvalue weighted by molar-refractivity contribution is -0.161. The van der Waals surface area contributed by atoms with Gasteiger partial charge < -0.3 is 33.8 Å². The lowest BCUT2D eigenvalue weighted by Crippen LogP contribution is -2.30. The van der Waals surface area contributed by atoms with E-state index in [1.54, 1.807) is 0 Å². The van der Waals surface area contributed by atoms with Crippen molar-refractivity contribution in [3.8, 4) is 0 Å². The minimum atomic E-state index is -5.00. The second-order valence-electron chi connectivity index (χ2n) is 26.2. The fourth-order valence-electron chi connectivity index (χ4n) is 10.1. The molecule has 17 nitrogen and oxygen atoms in total. The topological polar surface area (TPSA) is 237 Å². The number of hydrogen-bond donors (Lipinski definition) is 3. The number of allylic oxidation sites excluding steroid dienone is 28. The van der Waals surface area contributed by atoms with E-state index >= 15 is 0 Å². The normalized spacial score (nSPS) is 14.7. The maximum absolute atomic E-state index is 13.1. The molecule has 0 aromatic carbocycles. The van der Waals surface area contributed by atoms with E-state index in [4.69, 9.17) is 37.0 Å². The maximum atomic E-state index is 13.1. The van der Waals surface area contributed by atoms with Gasteiger partial charge in [-0.25, -0.2) is 9.13 Å². The summed E-state index contributed by atoms with van der Waals surface area (Å²) in [7, 11) is -9.99. The molecule has 0 saturated heterocycles. The molecule has 5 atom stereocenters. The summed E-state index contributed by atoms with van der Waals surface area (Å²) in [6, 6.07) is 0. The number of hydrogen-bond acceptors (Lipinski definition) is 15. The number of phosphoric ester groups is 2. The lowest BCUT2D eigenvalue weighted by Gasteiger charge is -2.21. The first-order chi connectivity index (χ1) is 51.7. The second kappa shape index (κ2) is 77.6. The van der Waals surface area contributed by atoms with Crippen LogP contribution in [0.5, 0.6) is 0 Å². The van der Waals surface area contributed by atoms with Gasteiger partial charge in [-0.05, 0) is 167 Å². The van der Waals surface area contributed by atoms with Crippen LogP contribution in [-0.4, -0.2) is 96.7 Å². The molecule has 0 saturated carbocycles. The number of aliphatic hydroxyl groups is 1. The quantitative estimate of drug-likeness (QED) is 0.0169. The van der Waals surface area contributed by atoms with Crippen LogP contribution in [0.25, 0.3) is 0 Å². The SMILES string of the molecule is CC/C=C\C/C=C\C/C=C\C/C=C\C/C=C\CCCCCC(=O)OCC(COP(=O)(O)OCC(O)COP(=O)(O)OCC(COC(=O)CCCCCCCC/C=C\C/C=C\C/C=C\C/C=C\CC)OC(=O)CCCCCCC/C=C\CCCC)OC(=O)CCCCCC/C=C\C/C=C\C/C=C\C/C=C\CC. The lowest BCUT2D eigenvalue weighted by atomic mass is 10.1. The van der Waals surface area contributed by atoms with E-state index in [0.717, 1.165) is 205 Å². The molecular formula is C87H142O17P2. The molecule has 0 rings (SSSR count). The highest BCUT2D eigenvalue weighted by Crippen LogP contribution is 2.45. The third-order valence-electron chi connectivity index (χ3n) is 16.2. The van der Waals surface area contributed by atoms with Gasteiger partial charge in [0.1, 0.15) is 19.3 Å². The van der Waals surface area contributed by atoms with Crippen molar-refractivity contribution in [2.75, 3.05) is 39.6 Å². The first-order valence-corrected chi connectivity index (χ1v) is 43.4. The zero-order valence-electron chi connectivity index (χ0n) is 65.8. The summed E-state index contributed by atoms with van der Waals surface area (Å²) in [4.78, 5) is 73.0. The Morgan fingerprint density at radius 3 is 0.774 bits per heavy atom. The van der Waals surface area contributed by atoms with Gasteiger partial charge in [0.2, 0.25) is 0 Å². The molecule has 5 unspecified atom stereocenters. The summed E-state index contributed by atoms with van der Waals surface area (Å²) in [5.41, 5.74) is 0. The van der Waals surface area contributed by atoms with Gasteiger partial charge in [-0.1, -0.05) is 275 Å². The Bertz CT molecular complexity index is 2680. The summed E-state index contributed by atoms with van der Waals surface area (Å²) >= 11 is 0. The van der Waals surface area contributed by atoms with E-state index < -0.39 is 97.5 Å². The van der Waals surface area contributed by atoms with Crippen LogP contribution >= 0.6 is 15.6 Å². The molecule has 3 N–H and O–H groups in total. The molecule has 0 heterocycles. The highest BCUT2D eigenvalue weighted by molar-refractivity contribution is 7.47. The molecule has 0 radical (unpaired) electrons. The van der Waals surface area contributed by atoms with Crippen molar-refractivity contribution in [2.24, 2.45) is 0 Å². The molecule has 0 aliphatic rings. The van der Waals surface area contributed by atoms with Crippen LogP contribution in [-0.2, 0) is 65.4 Å². The van der Waals surface area contributed by atoms with Crippen LogP contribution in [0.3, 0.4) is 0 Å². The predicted octanol–water partition coefficient (Wildman–Crippen LogP) is 23.8. The zero-order valence-corrected chi connectivity index (χ0v) is 67.6. The molecule has 0 aromatic heterocycles. The fraction of sp³-hybridized carbons (Fsp3) is 0.632. The Morgan fingerprint density at radius 2 is 0.491 bits per heavy atom. The van der Waals surface area contributed by atoms with Crippen LogP contribution in [0.1, 0.15) is 297 Å². The van der Waals surface area contributed by atoms with Crippen molar-refractivity contribution < 1.29 is 80.2 Å². The van der Waals surface area contributed by atoms with Crippen LogP contribution < -0.4 is 0 Å². The first kappa shape index (κ1) is 100. The van der Waals surface area contributed by atoms with Crippen molar-refractivity contribution in [1.29, 1.82) is 0 Å². The number of rotatable bonds is 74. The van der Waals surface area contributed by atoms with E-state index in [9.17, 15) is 43.2 Å². The summed E-state index contributed by atoms with van der Waals surface area (Å²) in [6.45, 7) is 4.39. The summed E-state index contributed by atoms with van der Waals surface area (Å²) in [5.74, 6) is -2.27. The molecule has 19 heteroatoms. The van der Waals surface area contributed by atoms with Gasteiger partial charge in [0, 0.05) is 25.7 Å². The third-order valence-corrected chi connectivity index (χ3v) is 18.1. The molecule has 0 spiro atoms. The summed E-state index contributed by atoms with van der Waals surface area (Å²) in [6.07, 6.45) is 91.9. The molecule has 0 amide bonds. The van der Waals surface area contributed by atoms with E-state index in [-0.39, 0.29) is 25.7 Å². The average molecular weight is 1520 g/mol. The number of carbonyl (C=O) groups excluding carboxylic acids is 4. The van der Waals surface area contributed by atoms with Crippen molar-refractivity contribution >= 4 is 39.5 Å². The van der Waals surface area contributed by atoms with Gasteiger partial charge >= 0.3 is 39.5 Å². The van der Waals surface area contributed by atoms with Gasteiger partial charge in [-0.15, -0.1) is 0 Å². The Balaban J connectivity index is 5.41. The smallest absolute Gasteiger partial charge is 0.462 e. The first-order valence-electron chi connectivity index (χ1n) is 40.4. The predicted molar refractivity (Wildman–Crippen MR) is 436 cm³/mol. The van der Waals surface area contributed by atoms with Gasteiger partial charge in [0.15, 0.2) is 12.2 Å². The van der Waals surface area contributed by atoms with Crippen molar-refractivity contribution in [3.63, 3.8) is 0 Å². The minimum Gasteiger partial charge on any atom is -0.462 e. The molecule has 602 valence electrons. The number of ether oxygens (including phenoxy) is 4. The van der Waals surface area contributed by atoms with Gasteiger partial charge in [-0.2, -0.15) is 0 Å². The molecule has 0 bridgehead atoms. The molecule has 106 heavy (non-hydrogen) atoms. The monoisotopic (exact) mass is 1520 g/mol. The van der Waals surface area contributed by atoms with E-state index in [0.29, 0.717) is 25.7 Å². The number of unbranched alkanes of at least 4 members (excludes halogenated alkanes) is 20.